The predicted molar refractivity (Wildman–Crippen MR) is 70.5 cm³/mol. The van der Waals surface area contributed by atoms with Crippen molar-refractivity contribution in [1.29, 1.82) is 0 Å². The zero-order chi connectivity index (χ0) is 12.5. The lowest BCUT2D eigenvalue weighted by atomic mass is 10.1. The number of nitrogens with zero attached hydrogens (tertiary/aromatic N) is 4. The Labute approximate surface area is 106 Å². The molecule has 0 spiro atoms. The molecule has 2 aromatic rings. The van der Waals surface area contributed by atoms with E-state index in [1.54, 1.807) is 0 Å². The summed E-state index contributed by atoms with van der Waals surface area (Å²) < 4.78 is 2.02. The molecule has 1 aliphatic heterocycles. The number of rotatable bonds is 3. The van der Waals surface area contributed by atoms with Crippen LogP contribution in [0.5, 0.6) is 0 Å². The van der Waals surface area contributed by atoms with Crippen molar-refractivity contribution in [1.82, 2.24) is 14.5 Å². The first kappa shape index (κ1) is 11.5. The quantitative estimate of drug-likeness (QED) is 0.883. The smallest absolute Gasteiger partial charge is 0.156 e. The van der Waals surface area contributed by atoms with E-state index in [9.17, 15) is 0 Å². The van der Waals surface area contributed by atoms with Crippen molar-refractivity contribution in [3.05, 3.63) is 18.6 Å². The minimum Gasteiger partial charge on any atom is -0.396 e. The van der Waals surface area contributed by atoms with E-state index in [0.717, 1.165) is 42.8 Å². The number of aliphatic hydroxyl groups is 1. The van der Waals surface area contributed by atoms with E-state index >= 15 is 0 Å². The van der Waals surface area contributed by atoms with Crippen LogP contribution in [0.25, 0.3) is 11.0 Å². The molecule has 3 rings (SSSR count). The Balaban J connectivity index is 1.91. The summed E-state index contributed by atoms with van der Waals surface area (Å²) in [4.78, 5) is 11.2. The summed E-state index contributed by atoms with van der Waals surface area (Å²) in [5, 5.41) is 9.01. The van der Waals surface area contributed by atoms with E-state index in [-0.39, 0.29) is 6.61 Å². The summed E-state index contributed by atoms with van der Waals surface area (Å²) in [6.07, 6.45) is 5.69. The molecule has 0 radical (unpaired) electrons. The van der Waals surface area contributed by atoms with Gasteiger partial charge in [0.1, 0.15) is 5.52 Å². The Bertz CT molecular complexity index is 551. The molecule has 0 bridgehead atoms. The number of hydrogen-bond acceptors (Lipinski definition) is 4. The second-order valence-electron chi connectivity index (χ2n) is 4.97. The maximum Gasteiger partial charge on any atom is 0.156 e. The zero-order valence-corrected chi connectivity index (χ0v) is 10.6. The number of aryl methyl sites for hydroxylation is 1. The molecule has 0 aliphatic carbocycles. The number of fused-ring (bicyclic) bond motifs is 1. The van der Waals surface area contributed by atoms with Gasteiger partial charge in [-0.05, 0) is 24.8 Å². The van der Waals surface area contributed by atoms with Gasteiger partial charge in [0.2, 0.25) is 0 Å². The molecule has 1 unspecified atom stereocenters. The lowest BCUT2D eigenvalue weighted by Gasteiger charge is -2.17. The van der Waals surface area contributed by atoms with Gasteiger partial charge in [0.05, 0.1) is 11.8 Å². The van der Waals surface area contributed by atoms with Crippen LogP contribution in [0.2, 0.25) is 0 Å². The molecule has 2 aromatic heterocycles. The molecule has 1 aliphatic rings. The van der Waals surface area contributed by atoms with Gasteiger partial charge in [-0.1, -0.05) is 0 Å². The summed E-state index contributed by atoms with van der Waals surface area (Å²) in [7, 11) is 2.00. The number of aliphatic hydroxyl groups excluding tert-OH is 1. The average molecular weight is 246 g/mol. The molecule has 1 saturated heterocycles. The fraction of sp³-hybridized carbons (Fsp3) is 0.538. The van der Waals surface area contributed by atoms with E-state index in [1.807, 2.05) is 30.2 Å². The van der Waals surface area contributed by atoms with Crippen molar-refractivity contribution in [3.8, 4) is 0 Å². The first-order valence-corrected chi connectivity index (χ1v) is 6.41. The Hall–Kier alpha value is -1.62. The molecule has 1 atom stereocenters. The van der Waals surface area contributed by atoms with E-state index < -0.39 is 0 Å². The number of imidazole rings is 1. The van der Waals surface area contributed by atoms with Gasteiger partial charge in [-0.2, -0.15) is 0 Å². The summed E-state index contributed by atoms with van der Waals surface area (Å²) in [5.41, 5.74) is 2.09. The van der Waals surface area contributed by atoms with Crippen molar-refractivity contribution in [2.45, 2.75) is 12.8 Å². The maximum absolute atomic E-state index is 9.01. The maximum atomic E-state index is 9.01. The highest BCUT2D eigenvalue weighted by atomic mass is 16.3. The summed E-state index contributed by atoms with van der Waals surface area (Å²) in [6.45, 7) is 2.26. The van der Waals surface area contributed by atoms with Crippen LogP contribution >= 0.6 is 0 Å². The van der Waals surface area contributed by atoms with E-state index in [1.165, 1.54) is 0 Å². The Morgan fingerprint density at radius 3 is 3.17 bits per heavy atom. The first-order chi connectivity index (χ1) is 8.79. The highest BCUT2D eigenvalue weighted by molar-refractivity contribution is 5.86. The number of anilines is 1. The van der Waals surface area contributed by atoms with Crippen LogP contribution in [0.15, 0.2) is 18.6 Å². The molecule has 0 amide bonds. The van der Waals surface area contributed by atoms with Gasteiger partial charge in [-0.15, -0.1) is 0 Å². The topological polar surface area (TPSA) is 54.2 Å². The van der Waals surface area contributed by atoms with Crippen LogP contribution < -0.4 is 4.90 Å². The van der Waals surface area contributed by atoms with Gasteiger partial charge in [-0.3, -0.25) is 0 Å². The van der Waals surface area contributed by atoms with Crippen molar-refractivity contribution in [3.63, 3.8) is 0 Å². The minimum absolute atomic E-state index is 0.278. The SMILES string of the molecule is Cn1cnc2c(N3CCC(CCO)C3)nccc21. The first-order valence-electron chi connectivity index (χ1n) is 6.41. The molecule has 0 aromatic carbocycles. The van der Waals surface area contributed by atoms with Gasteiger partial charge in [0.25, 0.3) is 0 Å². The monoisotopic (exact) mass is 246 g/mol. The molecule has 5 heteroatoms. The van der Waals surface area contributed by atoms with Crippen LogP contribution in [-0.2, 0) is 7.05 Å². The minimum atomic E-state index is 0.278. The van der Waals surface area contributed by atoms with Gasteiger partial charge >= 0.3 is 0 Å². The lowest BCUT2D eigenvalue weighted by molar-refractivity contribution is 0.263. The Morgan fingerprint density at radius 1 is 1.44 bits per heavy atom. The second-order valence-corrected chi connectivity index (χ2v) is 4.97. The fourth-order valence-electron chi connectivity index (χ4n) is 2.72. The number of hydrogen-bond donors (Lipinski definition) is 1. The summed E-state index contributed by atoms with van der Waals surface area (Å²) >= 11 is 0. The van der Waals surface area contributed by atoms with Gasteiger partial charge < -0.3 is 14.6 Å². The number of pyridine rings is 1. The highest BCUT2D eigenvalue weighted by Gasteiger charge is 2.24. The molecule has 0 saturated carbocycles. The van der Waals surface area contributed by atoms with E-state index in [2.05, 4.69) is 14.9 Å². The molecule has 18 heavy (non-hydrogen) atoms. The Morgan fingerprint density at radius 2 is 2.33 bits per heavy atom. The van der Waals surface area contributed by atoms with Crippen molar-refractivity contribution >= 4 is 16.9 Å². The van der Waals surface area contributed by atoms with Gasteiger partial charge in [-0.25, -0.2) is 9.97 Å². The molecule has 5 nitrogen and oxygen atoms in total. The van der Waals surface area contributed by atoms with Crippen LogP contribution in [0, 0.1) is 5.92 Å². The van der Waals surface area contributed by atoms with E-state index in [0.29, 0.717) is 5.92 Å². The molecular formula is C13H18N4O. The zero-order valence-electron chi connectivity index (χ0n) is 10.6. The van der Waals surface area contributed by atoms with E-state index in [4.69, 9.17) is 5.11 Å². The third-order valence-electron chi connectivity index (χ3n) is 3.75. The van der Waals surface area contributed by atoms with Crippen molar-refractivity contribution in [2.75, 3.05) is 24.6 Å². The number of aromatic nitrogens is 3. The van der Waals surface area contributed by atoms with Crippen LogP contribution in [0.4, 0.5) is 5.82 Å². The van der Waals surface area contributed by atoms with Crippen molar-refractivity contribution < 1.29 is 5.11 Å². The lowest BCUT2D eigenvalue weighted by Crippen LogP contribution is -2.21. The highest BCUT2D eigenvalue weighted by Crippen LogP contribution is 2.28. The van der Waals surface area contributed by atoms with Crippen LogP contribution in [0.1, 0.15) is 12.8 Å². The third kappa shape index (κ3) is 1.84. The normalized spacial score (nSPS) is 19.9. The Kier molecular flexibility index (Phi) is 2.91. The average Bonchev–Trinajstić information content (AvgIpc) is 2.98. The predicted octanol–water partition coefficient (Wildman–Crippen LogP) is 1.18. The molecule has 96 valence electrons. The second kappa shape index (κ2) is 4.57. The molecule has 1 fully saturated rings. The molecule has 1 N–H and O–H groups in total. The van der Waals surface area contributed by atoms with Crippen LogP contribution in [0.3, 0.4) is 0 Å². The third-order valence-corrected chi connectivity index (χ3v) is 3.75. The standard InChI is InChI=1S/C13H18N4O/c1-16-9-15-12-11(16)2-5-14-13(12)17-6-3-10(8-17)4-7-18/h2,5,9-10,18H,3-4,6-8H2,1H3. The van der Waals surface area contributed by atoms with Gasteiger partial charge in [0, 0.05) is 32.9 Å². The fourth-order valence-corrected chi connectivity index (χ4v) is 2.72. The van der Waals surface area contributed by atoms with Gasteiger partial charge in [0.15, 0.2) is 5.82 Å². The van der Waals surface area contributed by atoms with Crippen LogP contribution in [-0.4, -0.2) is 39.3 Å². The van der Waals surface area contributed by atoms with Crippen molar-refractivity contribution in [2.24, 2.45) is 13.0 Å². The summed E-state index contributed by atoms with van der Waals surface area (Å²) in [5.74, 6) is 1.56. The molecule has 3 heterocycles. The largest absolute Gasteiger partial charge is 0.396 e. The molecular weight excluding hydrogens is 228 g/mol. The summed E-state index contributed by atoms with van der Waals surface area (Å²) in [6, 6.07) is 1.99.